The minimum atomic E-state index is -4.16. The Labute approximate surface area is 160 Å². The van der Waals surface area contributed by atoms with Crippen molar-refractivity contribution in [3.05, 3.63) is 52.8 Å². The Morgan fingerprint density at radius 1 is 1.22 bits per heavy atom. The first-order chi connectivity index (χ1) is 12.8. The van der Waals surface area contributed by atoms with E-state index in [4.69, 9.17) is 21.4 Å². The van der Waals surface area contributed by atoms with Gasteiger partial charge in [0.05, 0.1) is 40.1 Å². The van der Waals surface area contributed by atoms with Crippen LogP contribution in [0.2, 0.25) is 5.02 Å². The molecule has 144 valence electrons. The van der Waals surface area contributed by atoms with Crippen LogP contribution in [0.25, 0.3) is 0 Å². The fourth-order valence-corrected chi connectivity index (χ4v) is 4.12. The maximum Gasteiger partial charge on any atom is 0.338 e. The Hall–Kier alpha value is -2.36. The third-order valence-electron chi connectivity index (χ3n) is 4.04. The predicted molar refractivity (Wildman–Crippen MR) is 98.7 cm³/mol. The molecule has 7 nitrogen and oxygen atoms in total. The molecule has 10 heteroatoms. The zero-order valence-corrected chi connectivity index (χ0v) is 15.6. The lowest BCUT2D eigenvalue weighted by atomic mass is 10.2. The van der Waals surface area contributed by atoms with Crippen molar-refractivity contribution in [3.8, 4) is 0 Å². The molecule has 0 aromatic heterocycles. The number of nitrogens with one attached hydrogen (secondary N) is 1. The summed E-state index contributed by atoms with van der Waals surface area (Å²) in [5.41, 5.74) is 0.145. The van der Waals surface area contributed by atoms with Crippen LogP contribution >= 0.6 is 11.6 Å². The normalized spacial score (nSPS) is 14.8. The first-order valence-corrected chi connectivity index (χ1v) is 9.82. The molecule has 0 bridgehead atoms. The number of anilines is 2. The number of sulfonamides is 1. The van der Waals surface area contributed by atoms with Gasteiger partial charge in [-0.2, -0.15) is 0 Å². The number of carbonyl (C=O) groups is 1. The van der Waals surface area contributed by atoms with Crippen LogP contribution in [-0.4, -0.2) is 45.8 Å². The topological polar surface area (TPSA) is 95.9 Å². The number of carboxylic acids is 1. The van der Waals surface area contributed by atoms with Gasteiger partial charge in [0.1, 0.15) is 5.82 Å². The molecule has 2 N–H and O–H groups in total. The molecule has 1 saturated heterocycles. The molecular weight excluding hydrogens is 399 g/mol. The maximum atomic E-state index is 13.9. The molecule has 1 fully saturated rings. The lowest BCUT2D eigenvalue weighted by Gasteiger charge is -2.31. The summed E-state index contributed by atoms with van der Waals surface area (Å²) in [7, 11) is -4.16. The van der Waals surface area contributed by atoms with Crippen molar-refractivity contribution < 1.29 is 27.4 Å². The number of aromatic carboxylic acids is 1. The number of ether oxygens (including phenoxy) is 1. The molecule has 1 heterocycles. The van der Waals surface area contributed by atoms with E-state index in [1.807, 2.05) is 4.90 Å². The van der Waals surface area contributed by atoms with E-state index in [2.05, 4.69) is 4.72 Å². The van der Waals surface area contributed by atoms with Gasteiger partial charge in [-0.15, -0.1) is 0 Å². The fourth-order valence-electron chi connectivity index (χ4n) is 2.75. The van der Waals surface area contributed by atoms with Crippen LogP contribution in [0.4, 0.5) is 15.8 Å². The number of nitrogens with zero attached hydrogens (tertiary/aromatic N) is 1. The minimum Gasteiger partial charge on any atom is -0.478 e. The Kier molecular flexibility index (Phi) is 5.54. The van der Waals surface area contributed by atoms with E-state index in [9.17, 15) is 17.6 Å². The van der Waals surface area contributed by atoms with E-state index < -0.39 is 32.3 Å². The monoisotopic (exact) mass is 414 g/mol. The van der Waals surface area contributed by atoms with Crippen LogP contribution in [0.1, 0.15) is 10.4 Å². The molecular formula is C17H16ClFN2O5S. The molecule has 0 amide bonds. The molecule has 0 radical (unpaired) electrons. The van der Waals surface area contributed by atoms with E-state index in [1.165, 1.54) is 0 Å². The molecule has 27 heavy (non-hydrogen) atoms. The Bertz CT molecular complexity index is 977. The summed E-state index contributed by atoms with van der Waals surface area (Å²) < 4.78 is 46.9. The quantitative estimate of drug-likeness (QED) is 0.781. The lowest BCUT2D eigenvalue weighted by Crippen LogP contribution is -2.37. The number of hydrogen-bond donors (Lipinski definition) is 2. The summed E-state index contributed by atoms with van der Waals surface area (Å²) >= 11 is 6.28. The first kappa shape index (κ1) is 19.4. The third kappa shape index (κ3) is 4.15. The number of halogens is 2. The van der Waals surface area contributed by atoms with Crippen molar-refractivity contribution in [1.82, 2.24) is 0 Å². The molecule has 0 atom stereocenters. The third-order valence-corrected chi connectivity index (χ3v) is 5.71. The van der Waals surface area contributed by atoms with Crippen molar-refractivity contribution in [2.24, 2.45) is 0 Å². The number of hydrogen-bond acceptors (Lipinski definition) is 5. The van der Waals surface area contributed by atoms with Gasteiger partial charge in [0.2, 0.25) is 0 Å². The summed E-state index contributed by atoms with van der Waals surface area (Å²) in [6, 6.07) is 7.41. The van der Waals surface area contributed by atoms with E-state index >= 15 is 0 Å². The minimum absolute atomic E-state index is 0.243. The van der Waals surface area contributed by atoms with Gasteiger partial charge in [-0.25, -0.2) is 17.6 Å². The fraction of sp³-hybridized carbons (Fsp3) is 0.235. The zero-order valence-electron chi connectivity index (χ0n) is 14.0. The number of carboxylic acid groups (broad SMARTS) is 1. The van der Waals surface area contributed by atoms with Gasteiger partial charge in [-0.05, 0) is 30.3 Å². The molecule has 1 aliphatic rings. The highest BCUT2D eigenvalue weighted by atomic mass is 35.5. The van der Waals surface area contributed by atoms with E-state index in [0.717, 1.165) is 12.1 Å². The molecule has 2 aromatic rings. The number of rotatable bonds is 5. The Balaban J connectivity index is 1.96. The van der Waals surface area contributed by atoms with Crippen LogP contribution in [0.5, 0.6) is 0 Å². The molecule has 0 saturated carbocycles. The summed E-state index contributed by atoms with van der Waals surface area (Å²) in [5, 5.41) is 9.24. The summed E-state index contributed by atoms with van der Waals surface area (Å²) in [5.74, 6) is -2.61. The van der Waals surface area contributed by atoms with Gasteiger partial charge in [0.25, 0.3) is 10.0 Å². The van der Waals surface area contributed by atoms with Gasteiger partial charge in [0, 0.05) is 13.1 Å². The van der Waals surface area contributed by atoms with Crippen LogP contribution in [0.15, 0.2) is 41.3 Å². The highest BCUT2D eigenvalue weighted by Gasteiger charge is 2.23. The van der Waals surface area contributed by atoms with E-state index in [-0.39, 0.29) is 5.69 Å². The number of para-hydroxylation sites is 1. The van der Waals surface area contributed by atoms with Crippen molar-refractivity contribution in [1.29, 1.82) is 0 Å². The highest BCUT2D eigenvalue weighted by Crippen LogP contribution is 2.35. The molecule has 3 rings (SSSR count). The van der Waals surface area contributed by atoms with Crippen molar-refractivity contribution in [2.75, 3.05) is 35.9 Å². The van der Waals surface area contributed by atoms with Crippen LogP contribution in [-0.2, 0) is 14.8 Å². The van der Waals surface area contributed by atoms with E-state index in [0.29, 0.717) is 43.1 Å². The van der Waals surface area contributed by atoms with Gasteiger partial charge >= 0.3 is 5.97 Å². The maximum absolute atomic E-state index is 13.9. The largest absolute Gasteiger partial charge is 0.478 e. The molecule has 0 unspecified atom stereocenters. The standard InChI is InChI=1S/C17H16ClFN2O5S/c18-13-2-1-3-15(16(13)21-6-8-26-9-7-21)20-27(24,25)11-4-5-12(17(22)23)14(19)10-11/h1-5,10,20H,6-9H2,(H,22,23). The first-order valence-electron chi connectivity index (χ1n) is 7.96. The number of morpholine rings is 1. The second kappa shape index (κ2) is 7.71. The zero-order chi connectivity index (χ0) is 19.6. The Morgan fingerprint density at radius 3 is 2.56 bits per heavy atom. The lowest BCUT2D eigenvalue weighted by molar-refractivity contribution is 0.0691. The Morgan fingerprint density at radius 2 is 1.93 bits per heavy atom. The molecule has 2 aromatic carbocycles. The van der Waals surface area contributed by atoms with Crippen LogP contribution < -0.4 is 9.62 Å². The summed E-state index contributed by atoms with van der Waals surface area (Å²) in [4.78, 5) is 12.4. The van der Waals surface area contributed by atoms with Gasteiger partial charge in [-0.3, -0.25) is 4.72 Å². The smallest absolute Gasteiger partial charge is 0.338 e. The molecule has 1 aliphatic heterocycles. The van der Waals surface area contributed by atoms with Gasteiger partial charge in [-0.1, -0.05) is 17.7 Å². The van der Waals surface area contributed by atoms with Crippen LogP contribution in [0.3, 0.4) is 0 Å². The average molecular weight is 415 g/mol. The van der Waals surface area contributed by atoms with Crippen molar-refractivity contribution in [2.45, 2.75) is 4.90 Å². The second-order valence-electron chi connectivity index (χ2n) is 5.79. The molecule has 0 aliphatic carbocycles. The molecule has 0 spiro atoms. The summed E-state index contributed by atoms with van der Waals surface area (Å²) in [6.07, 6.45) is 0. The highest BCUT2D eigenvalue weighted by molar-refractivity contribution is 7.92. The van der Waals surface area contributed by atoms with Gasteiger partial charge < -0.3 is 14.7 Å². The average Bonchev–Trinajstić information content (AvgIpc) is 2.62. The van der Waals surface area contributed by atoms with Crippen molar-refractivity contribution in [3.63, 3.8) is 0 Å². The van der Waals surface area contributed by atoms with Crippen molar-refractivity contribution >= 4 is 39.0 Å². The number of benzene rings is 2. The SMILES string of the molecule is O=C(O)c1ccc(S(=O)(=O)Nc2cccc(Cl)c2N2CCOCC2)cc1F. The summed E-state index contributed by atoms with van der Waals surface area (Å²) in [6.45, 7) is 2.05. The van der Waals surface area contributed by atoms with Crippen LogP contribution in [0, 0.1) is 5.82 Å². The second-order valence-corrected chi connectivity index (χ2v) is 7.88. The predicted octanol–water partition coefficient (Wildman–Crippen LogP) is 2.81. The van der Waals surface area contributed by atoms with E-state index in [1.54, 1.807) is 18.2 Å². The van der Waals surface area contributed by atoms with Gasteiger partial charge in [0.15, 0.2) is 0 Å².